The van der Waals surface area contributed by atoms with E-state index in [0.717, 1.165) is 13.1 Å². The maximum Gasteiger partial charge on any atom is 0.356 e. The molecule has 14 heavy (non-hydrogen) atoms. The molecule has 1 aromatic heterocycles. The Labute approximate surface area is 81.8 Å². The fourth-order valence-corrected chi connectivity index (χ4v) is 1.82. The summed E-state index contributed by atoms with van der Waals surface area (Å²) in [7, 11) is 0. The van der Waals surface area contributed by atoms with Crippen LogP contribution in [0.4, 0.5) is 0 Å². The van der Waals surface area contributed by atoms with Gasteiger partial charge in [-0.1, -0.05) is 6.92 Å². The molecule has 2 atom stereocenters. The molecule has 2 unspecified atom stereocenters. The van der Waals surface area contributed by atoms with Crippen molar-refractivity contribution in [3.8, 4) is 0 Å². The fourth-order valence-electron chi connectivity index (χ4n) is 1.82. The Balaban J connectivity index is 2.20. The van der Waals surface area contributed by atoms with E-state index >= 15 is 0 Å². The SMILES string of the molecule is CC1CNCC1n1cnc(C(=O)O)c1. The third kappa shape index (κ3) is 1.50. The van der Waals surface area contributed by atoms with E-state index in [-0.39, 0.29) is 5.69 Å². The van der Waals surface area contributed by atoms with Crippen LogP contribution < -0.4 is 5.32 Å². The molecule has 0 radical (unpaired) electrons. The van der Waals surface area contributed by atoms with Crippen molar-refractivity contribution in [1.29, 1.82) is 0 Å². The monoisotopic (exact) mass is 195 g/mol. The number of aromatic carboxylic acids is 1. The van der Waals surface area contributed by atoms with Gasteiger partial charge in [-0.25, -0.2) is 9.78 Å². The third-order valence-corrected chi connectivity index (χ3v) is 2.68. The molecule has 0 spiro atoms. The van der Waals surface area contributed by atoms with E-state index in [9.17, 15) is 4.79 Å². The van der Waals surface area contributed by atoms with Crippen molar-refractivity contribution in [2.24, 2.45) is 5.92 Å². The molecule has 1 aromatic rings. The van der Waals surface area contributed by atoms with Gasteiger partial charge in [-0.3, -0.25) is 0 Å². The van der Waals surface area contributed by atoms with Crippen molar-refractivity contribution in [2.45, 2.75) is 13.0 Å². The van der Waals surface area contributed by atoms with Crippen molar-refractivity contribution >= 4 is 5.97 Å². The Morgan fingerprint density at radius 1 is 1.71 bits per heavy atom. The summed E-state index contributed by atoms with van der Waals surface area (Å²) >= 11 is 0. The van der Waals surface area contributed by atoms with Gasteiger partial charge < -0.3 is 15.0 Å². The number of imidazole rings is 1. The first-order valence-electron chi connectivity index (χ1n) is 4.66. The zero-order valence-electron chi connectivity index (χ0n) is 7.97. The second-order valence-corrected chi connectivity index (χ2v) is 3.71. The van der Waals surface area contributed by atoms with E-state index in [1.54, 1.807) is 12.5 Å². The molecule has 0 amide bonds. The molecule has 2 rings (SSSR count). The quantitative estimate of drug-likeness (QED) is 0.715. The minimum atomic E-state index is -0.970. The molecular weight excluding hydrogens is 182 g/mol. The summed E-state index contributed by atoms with van der Waals surface area (Å²) in [6.07, 6.45) is 3.19. The Morgan fingerprint density at radius 2 is 2.50 bits per heavy atom. The van der Waals surface area contributed by atoms with Crippen LogP contribution in [0.2, 0.25) is 0 Å². The molecular formula is C9H13N3O2. The normalized spacial score (nSPS) is 26.6. The van der Waals surface area contributed by atoms with Crippen molar-refractivity contribution in [1.82, 2.24) is 14.9 Å². The van der Waals surface area contributed by atoms with Crippen LogP contribution in [0.25, 0.3) is 0 Å². The van der Waals surface area contributed by atoms with Gasteiger partial charge >= 0.3 is 5.97 Å². The van der Waals surface area contributed by atoms with Crippen molar-refractivity contribution in [3.05, 3.63) is 18.2 Å². The highest BCUT2D eigenvalue weighted by molar-refractivity contribution is 5.84. The lowest BCUT2D eigenvalue weighted by atomic mass is 10.1. The van der Waals surface area contributed by atoms with Crippen LogP contribution in [0.3, 0.4) is 0 Å². The summed E-state index contributed by atoms with van der Waals surface area (Å²) in [5.41, 5.74) is 0.115. The molecule has 0 saturated carbocycles. The number of aromatic nitrogens is 2. The minimum absolute atomic E-state index is 0.115. The summed E-state index contributed by atoms with van der Waals surface area (Å²) < 4.78 is 1.88. The Hall–Kier alpha value is -1.36. The molecule has 1 aliphatic heterocycles. The van der Waals surface area contributed by atoms with Crippen molar-refractivity contribution in [3.63, 3.8) is 0 Å². The molecule has 1 aliphatic rings. The van der Waals surface area contributed by atoms with Crippen LogP contribution in [0.15, 0.2) is 12.5 Å². The molecule has 2 N–H and O–H groups in total. The number of nitrogens with zero attached hydrogens (tertiary/aromatic N) is 2. The van der Waals surface area contributed by atoms with Crippen LogP contribution in [-0.4, -0.2) is 33.7 Å². The smallest absolute Gasteiger partial charge is 0.356 e. The van der Waals surface area contributed by atoms with Gasteiger partial charge in [0.15, 0.2) is 5.69 Å². The molecule has 0 aromatic carbocycles. The molecule has 5 heteroatoms. The van der Waals surface area contributed by atoms with Gasteiger partial charge in [0.05, 0.1) is 12.4 Å². The summed E-state index contributed by atoms with van der Waals surface area (Å²) in [4.78, 5) is 14.4. The average Bonchev–Trinajstić information content (AvgIpc) is 2.71. The molecule has 0 aliphatic carbocycles. The van der Waals surface area contributed by atoms with E-state index < -0.39 is 5.97 Å². The number of hydrogen-bond acceptors (Lipinski definition) is 3. The van der Waals surface area contributed by atoms with Crippen LogP contribution in [0, 0.1) is 5.92 Å². The Kier molecular flexibility index (Phi) is 2.25. The topological polar surface area (TPSA) is 67.2 Å². The van der Waals surface area contributed by atoms with Gasteiger partial charge in [-0.2, -0.15) is 0 Å². The number of nitrogens with one attached hydrogen (secondary N) is 1. The van der Waals surface area contributed by atoms with Crippen LogP contribution >= 0.6 is 0 Å². The zero-order chi connectivity index (χ0) is 10.1. The molecule has 0 bridgehead atoms. The van der Waals surface area contributed by atoms with Gasteiger partial charge in [0.25, 0.3) is 0 Å². The first-order valence-corrected chi connectivity index (χ1v) is 4.66. The van der Waals surface area contributed by atoms with E-state index in [0.29, 0.717) is 12.0 Å². The first-order chi connectivity index (χ1) is 6.68. The van der Waals surface area contributed by atoms with Crippen LogP contribution in [0.1, 0.15) is 23.5 Å². The summed E-state index contributed by atoms with van der Waals surface area (Å²) in [5.74, 6) is -0.451. The number of rotatable bonds is 2. The second kappa shape index (κ2) is 3.42. The molecule has 5 nitrogen and oxygen atoms in total. The standard InChI is InChI=1S/C9H13N3O2/c1-6-2-10-3-8(6)12-4-7(9(13)14)11-5-12/h4-6,8,10H,2-3H2,1H3,(H,13,14). The molecule has 2 heterocycles. The first kappa shape index (κ1) is 9.21. The van der Waals surface area contributed by atoms with Gasteiger partial charge in [-0.05, 0) is 12.5 Å². The summed E-state index contributed by atoms with van der Waals surface area (Å²) in [5, 5.41) is 12.0. The number of hydrogen-bond donors (Lipinski definition) is 2. The highest BCUT2D eigenvalue weighted by Gasteiger charge is 2.25. The van der Waals surface area contributed by atoms with Crippen molar-refractivity contribution < 1.29 is 9.90 Å². The lowest BCUT2D eigenvalue weighted by Gasteiger charge is -2.14. The van der Waals surface area contributed by atoms with Crippen molar-refractivity contribution in [2.75, 3.05) is 13.1 Å². The van der Waals surface area contributed by atoms with E-state index in [4.69, 9.17) is 5.11 Å². The lowest BCUT2D eigenvalue weighted by Crippen LogP contribution is -2.14. The van der Waals surface area contributed by atoms with E-state index in [2.05, 4.69) is 17.2 Å². The summed E-state index contributed by atoms with van der Waals surface area (Å²) in [6.45, 7) is 4.01. The molecule has 76 valence electrons. The van der Waals surface area contributed by atoms with Crippen LogP contribution in [-0.2, 0) is 0 Å². The number of carbonyl (C=O) groups is 1. The maximum atomic E-state index is 10.6. The second-order valence-electron chi connectivity index (χ2n) is 3.71. The largest absolute Gasteiger partial charge is 0.476 e. The summed E-state index contributed by atoms with van der Waals surface area (Å²) in [6, 6.07) is 0.329. The number of carboxylic acids is 1. The fraction of sp³-hybridized carbons (Fsp3) is 0.556. The predicted octanol–water partition coefficient (Wildman–Crippen LogP) is 0.362. The third-order valence-electron chi connectivity index (χ3n) is 2.68. The van der Waals surface area contributed by atoms with Gasteiger partial charge in [0.2, 0.25) is 0 Å². The highest BCUT2D eigenvalue weighted by atomic mass is 16.4. The van der Waals surface area contributed by atoms with Gasteiger partial charge in [-0.15, -0.1) is 0 Å². The average molecular weight is 195 g/mol. The predicted molar refractivity (Wildman–Crippen MR) is 50.3 cm³/mol. The Morgan fingerprint density at radius 3 is 3.00 bits per heavy atom. The lowest BCUT2D eigenvalue weighted by molar-refractivity contribution is 0.0691. The maximum absolute atomic E-state index is 10.6. The minimum Gasteiger partial charge on any atom is -0.476 e. The van der Waals surface area contributed by atoms with Crippen LogP contribution in [0.5, 0.6) is 0 Å². The zero-order valence-corrected chi connectivity index (χ0v) is 7.97. The highest BCUT2D eigenvalue weighted by Crippen LogP contribution is 2.21. The molecule has 1 saturated heterocycles. The Bertz CT molecular complexity index is 348. The van der Waals surface area contributed by atoms with Gasteiger partial charge in [0.1, 0.15) is 0 Å². The molecule has 1 fully saturated rings. The van der Waals surface area contributed by atoms with E-state index in [1.807, 2.05) is 4.57 Å². The number of carboxylic acid groups (broad SMARTS) is 1. The van der Waals surface area contributed by atoms with Gasteiger partial charge in [0, 0.05) is 12.7 Å². The van der Waals surface area contributed by atoms with E-state index in [1.165, 1.54) is 0 Å².